The summed E-state index contributed by atoms with van der Waals surface area (Å²) in [6.07, 6.45) is -4.45. The molecule has 1 N–H and O–H groups in total. The molecule has 1 fully saturated rings. The first-order valence-corrected chi connectivity index (χ1v) is 6.32. The van der Waals surface area contributed by atoms with Crippen molar-refractivity contribution in [2.45, 2.75) is 31.3 Å². The zero-order chi connectivity index (χ0) is 15.4. The topological polar surface area (TPSA) is 41.6 Å². The third-order valence-corrected chi connectivity index (χ3v) is 3.73. The van der Waals surface area contributed by atoms with E-state index in [0.717, 1.165) is 0 Å². The van der Waals surface area contributed by atoms with E-state index in [0.29, 0.717) is 10.5 Å². The summed E-state index contributed by atoms with van der Waals surface area (Å²) < 4.78 is 57.2. The molecule has 0 radical (unpaired) electrons. The second-order valence-electron chi connectivity index (χ2n) is 5.34. The van der Waals surface area contributed by atoms with Crippen LogP contribution in [0.5, 0.6) is 5.75 Å². The van der Waals surface area contributed by atoms with Gasteiger partial charge in [-0.05, 0) is 13.0 Å². The molecule has 0 aromatic heterocycles. The quantitative estimate of drug-likeness (QED) is 0.811. The fourth-order valence-corrected chi connectivity index (χ4v) is 2.81. The molecule has 114 valence electrons. The summed E-state index contributed by atoms with van der Waals surface area (Å²) in [5.41, 5.74) is -1.09. The van der Waals surface area contributed by atoms with Crippen molar-refractivity contribution in [1.82, 2.24) is 10.2 Å². The van der Waals surface area contributed by atoms with Gasteiger partial charge in [0, 0.05) is 12.0 Å². The average molecular weight is 304 g/mol. The van der Waals surface area contributed by atoms with Crippen molar-refractivity contribution in [3.05, 3.63) is 29.6 Å². The Hall–Kier alpha value is -1.99. The van der Waals surface area contributed by atoms with Crippen LogP contribution in [0, 0.1) is 5.82 Å². The molecule has 4 nitrogen and oxygen atoms in total. The Labute approximate surface area is 117 Å². The molecule has 21 heavy (non-hydrogen) atoms. The molecule has 3 rings (SSSR count). The van der Waals surface area contributed by atoms with E-state index in [1.54, 1.807) is 6.07 Å². The van der Waals surface area contributed by atoms with Crippen LogP contribution >= 0.6 is 0 Å². The molecule has 2 amide bonds. The lowest BCUT2D eigenvalue weighted by atomic mass is 9.90. The van der Waals surface area contributed by atoms with Crippen molar-refractivity contribution in [2.75, 3.05) is 6.54 Å². The zero-order valence-corrected chi connectivity index (χ0v) is 11.0. The van der Waals surface area contributed by atoms with E-state index in [9.17, 15) is 22.4 Å². The minimum atomic E-state index is -4.56. The summed E-state index contributed by atoms with van der Waals surface area (Å²) in [6.45, 7) is -0.0916. The second kappa shape index (κ2) is 4.25. The molecule has 2 aliphatic rings. The Kier molecular flexibility index (Phi) is 2.83. The highest BCUT2D eigenvalue weighted by molar-refractivity contribution is 5.77. The van der Waals surface area contributed by atoms with Gasteiger partial charge in [-0.3, -0.25) is 4.90 Å². The van der Waals surface area contributed by atoms with Crippen LogP contribution in [0.1, 0.15) is 24.9 Å². The van der Waals surface area contributed by atoms with Crippen LogP contribution in [0.2, 0.25) is 0 Å². The van der Waals surface area contributed by atoms with Gasteiger partial charge in [0.25, 0.3) is 0 Å². The fourth-order valence-electron chi connectivity index (χ4n) is 2.81. The predicted octanol–water partition coefficient (Wildman–Crippen LogP) is 2.95. The Balaban J connectivity index is 2.02. The van der Waals surface area contributed by atoms with Crippen molar-refractivity contribution in [2.24, 2.45) is 0 Å². The van der Waals surface area contributed by atoms with Gasteiger partial charge < -0.3 is 10.1 Å². The van der Waals surface area contributed by atoms with Crippen LogP contribution in [0.15, 0.2) is 18.2 Å². The highest BCUT2D eigenvalue weighted by Crippen LogP contribution is 2.45. The van der Waals surface area contributed by atoms with Gasteiger partial charge in [0.1, 0.15) is 6.54 Å². The molecular weight excluding hydrogens is 292 g/mol. The van der Waals surface area contributed by atoms with Crippen LogP contribution in [0.3, 0.4) is 0 Å². The van der Waals surface area contributed by atoms with E-state index < -0.39 is 36.3 Å². The summed E-state index contributed by atoms with van der Waals surface area (Å²) in [5.74, 6) is -0.769. The highest BCUT2D eigenvalue weighted by Gasteiger charge is 2.52. The molecule has 2 unspecified atom stereocenters. The molecule has 2 atom stereocenters. The van der Waals surface area contributed by atoms with E-state index in [-0.39, 0.29) is 12.2 Å². The number of urea groups is 1. The third-order valence-electron chi connectivity index (χ3n) is 3.73. The van der Waals surface area contributed by atoms with Crippen LogP contribution in [-0.2, 0) is 0 Å². The molecule has 2 heterocycles. The predicted molar refractivity (Wildman–Crippen MR) is 64.1 cm³/mol. The molecule has 8 heteroatoms. The molecule has 0 spiro atoms. The van der Waals surface area contributed by atoms with Crippen LogP contribution in [0.4, 0.5) is 22.4 Å². The molecule has 2 bridgehead atoms. The second-order valence-corrected chi connectivity index (χ2v) is 5.34. The standard InChI is InChI=1S/C13H12F4N2O2/c1-12-5-9(7-3-2-4-8(14)10(7)21-12)18-11(20)19(12)6-13(15,16)17/h2-4,9H,5-6H2,1H3,(H,18,20). The van der Waals surface area contributed by atoms with E-state index >= 15 is 0 Å². The number of ether oxygens (including phenoxy) is 1. The van der Waals surface area contributed by atoms with Crippen molar-refractivity contribution < 1.29 is 27.1 Å². The lowest BCUT2D eigenvalue weighted by Gasteiger charge is -2.50. The number of para-hydroxylation sites is 1. The first-order chi connectivity index (χ1) is 9.70. The summed E-state index contributed by atoms with van der Waals surface area (Å²) in [4.78, 5) is 12.5. The Morgan fingerprint density at radius 3 is 2.86 bits per heavy atom. The monoisotopic (exact) mass is 304 g/mol. The molecule has 0 aliphatic carbocycles. The number of alkyl halides is 3. The van der Waals surface area contributed by atoms with E-state index in [4.69, 9.17) is 4.74 Å². The number of halogens is 4. The molecule has 2 aliphatic heterocycles. The minimum absolute atomic E-state index is 0.108. The summed E-state index contributed by atoms with van der Waals surface area (Å²) >= 11 is 0. The number of hydrogen-bond acceptors (Lipinski definition) is 2. The Morgan fingerprint density at radius 2 is 2.19 bits per heavy atom. The number of benzene rings is 1. The van der Waals surface area contributed by atoms with Gasteiger partial charge in [-0.15, -0.1) is 0 Å². The van der Waals surface area contributed by atoms with Crippen LogP contribution in [-0.4, -0.2) is 29.4 Å². The minimum Gasteiger partial charge on any atom is -0.465 e. The van der Waals surface area contributed by atoms with E-state index in [1.165, 1.54) is 19.1 Å². The van der Waals surface area contributed by atoms with Gasteiger partial charge in [0.05, 0.1) is 6.04 Å². The first-order valence-electron chi connectivity index (χ1n) is 6.32. The first kappa shape index (κ1) is 14.0. The van der Waals surface area contributed by atoms with Crippen LogP contribution < -0.4 is 10.1 Å². The normalized spacial score (nSPS) is 27.8. The Bertz CT molecular complexity index is 604. The highest BCUT2D eigenvalue weighted by atomic mass is 19.4. The lowest BCUT2D eigenvalue weighted by molar-refractivity contribution is -0.180. The maximum Gasteiger partial charge on any atom is 0.406 e. The third kappa shape index (κ3) is 2.28. The van der Waals surface area contributed by atoms with Gasteiger partial charge in [-0.2, -0.15) is 13.2 Å². The largest absolute Gasteiger partial charge is 0.465 e. The zero-order valence-electron chi connectivity index (χ0n) is 11.0. The van der Waals surface area contributed by atoms with Crippen molar-refractivity contribution in [3.8, 4) is 5.75 Å². The fraction of sp³-hybridized carbons (Fsp3) is 0.462. The number of carbonyl (C=O) groups excluding carboxylic acids is 1. The average Bonchev–Trinajstić information content (AvgIpc) is 2.35. The van der Waals surface area contributed by atoms with Crippen molar-refractivity contribution in [3.63, 3.8) is 0 Å². The lowest BCUT2D eigenvalue weighted by Crippen LogP contribution is -2.66. The number of fused-ring (bicyclic) bond motifs is 4. The molecule has 1 saturated heterocycles. The number of rotatable bonds is 1. The van der Waals surface area contributed by atoms with Gasteiger partial charge in [-0.1, -0.05) is 12.1 Å². The maximum atomic E-state index is 13.8. The number of carbonyl (C=O) groups is 1. The number of nitrogens with zero attached hydrogens (tertiary/aromatic N) is 1. The number of hydrogen-bond donors (Lipinski definition) is 1. The smallest absolute Gasteiger partial charge is 0.406 e. The van der Waals surface area contributed by atoms with E-state index in [1.807, 2.05) is 0 Å². The van der Waals surface area contributed by atoms with Gasteiger partial charge in [0.2, 0.25) is 0 Å². The van der Waals surface area contributed by atoms with Crippen molar-refractivity contribution >= 4 is 6.03 Å². The maximum absolute atomic E-state index is 13.8. The number of amides is 2. The Morgan fingerprint density at radius 1 is 1.48 bits per heavy atom. The molecular formula is C13H12F4N2O2. The molecule has 0 saturated carbocycles. The SMILES string of the molecule is CC12CC(NC(=O)N1CC(F)(F)F)c1cccc(F)c1O2. The van der Waals surface area contributed by atoms with E-state index in [2.05, 4.69) is 5.32 Å². The van der Waals surface area contributed by atoms with Crippen LogP contribution in [0.25, 0.3) is 0 Å². The molecule has 1 aromatic carbocycles. The summed E-state index contributed by atoms with van der Waals surface area (Å²) in [5, 5.41) is 2.47. The number of nitrogens with one attached hydrogen (secondary N) is 1. The summed E-state index contributed by atoms with van der Waals surface area (Å²) in [6, 6.07) is 2.78. The van der Waals surface area contributed by atoms with Gasteiger partial charge in [0.15, 0.2) is 17.3 Å². The van der Waals surface area contributed by atoms with Crippen molar-refractivity contribution in [1.29, 1.82) is 0 Å². The van der Waals surface area contributed by atoms with Gasteiger partial charge >= 0.3 is 12.2 Å². The van der Waals surface area contributed by atoms with Gasteiger partial charge in [-0.25, -0.2) is 9.18 Å². The molecule has 1 aromatic rings. The summed E-state index contributed by atoms with van der Waals surface area (Å²) in [7, 11) is 0.